The lowest BCUT2D eigenvalue weighted by atomic mass is 10.1. The molecule has 1 heterocycles. The molecule has 0 fully saturated rings. The highest BCUT2D eigenvalue weighted by Crippen LogP contribution is 2.34. The molecular weight excluding hydrogens is 374 g/mol. The largest absolute Gasteiger partial charge is 0.496 e. The molecule has 2 rings (SSSR count). The summed E-state index contributed by atoms with van der Waals surface area (Å²) in [5, 5.41) is 6.51. The van der Waals surface area contributed by atoms with Crippen molar-refractivity contribution in [1.29, 1.82) is 0 Å². The molecule has 0 saturated heterocycles. The lowest BCUT2D eigenvalue weighted by Gasteiger charge is -2.14. The topological polar surface area (TPSA) is 109 Å². The number of hydrogen-bond acceptors (Lipinski definition) is 9. The van der Waals surface area contributed by atoms with Crippen LogP contribution in [0.2, 0.25) is 0 Å². The number of aryl methyl sites for hydroxylation is 1. The van der Waals surface area contributed by atoms with E-state index in [9.17, 15) is 9.59 Å². The summed E-state index contributed by atoms with van der Waals surface area (Å²) in [5.41, 5.74) is 1.25. The highest BCUT2D eigenvalue weighted by molar-refractivity contribution is 7.07. The molecule has 0 radical (unpaired) electrons. The standard InChI is InChI=1S/C17H21N3O6S/c1-5-11-16(27-20-19-11)17(22)26-9-15(21)18-8-10-6-13(24-3)14(25-4)7-12(10)23-2/h6-7H,5,8-9H2,1-4H3,(H,18,21). The average molecular weight is 395 g/mol. The van der Waals surface area contributed by atoms with E-state index < -0.39 is 18.5 Å². The van der Waals surface area contributed by atoms with Gasteiger partial charge in [-0.2, -0.15) is 0 Å². The molecule has 0 bridgehead atoms. The summed E-state index contributed by atoms with van der Waals surface area (Å²) in [5.74, 6) is 0.506. The first-order valence-corrected chi connectivity index (χ1v) is 8.85. The third kappa shape index (κ3) is 5.07. The van der Waals surface area contributed by atoms with Crippen molar-refractivity contribution < 1.29 is 28.5 Å². The quantitative estimate of drug-likeness (QED) is 0.638. The molecule has 27 heavy (non-hydrogen) atoms. The van der Waals surface area contributed by atoms with Crippen LogP contribution >= 0.6 is 11.5 Å². The molecule has 0 saturated carbocycles. The Morgan fingerprint density at radius 3 is 2.37 bits per heavy atom. The van der Waals surface area contributed by atoms with Gasteiger partial charge in [-0.25, -0.2) is 4.79 Å². The number of ether oxygens (including phenoxy) is 4. The van der Waals surface area contributed by atoms with E-state index in [1.54, 1.807) is 12.1 Å². The fourth-order valence-electron chi connectivity index (χ4n) is 2.27. The van der Waals surface area contributed by atoms with Crippen molar-refractivity contribution in [1.82, 2.24) is 14.9 Å². The number of aromatic nitrogens is 2. The Hall–Kier alpha value is -2.88. The molecule has 1 aromatic heterocycles. The van der Waals surface area contributed by atoms with Gasteiger partial charge in [0.25, 0.3) is 5.91 Å². The van der Waals surface area contributed by atoms with E-state index in [1.165, 1.54) is 21.3 Å². The van der Waals surface area contributed by atoms with Gasteiger partial charge in [0.1, 0.15) is 5.75 Å². The number of rotatable bonds is 9. The second kappa shape index (κ2) is 9.72. The number of benzene rings is 1. The first-order valence-electron chi connectivity index (χ1n) is 8.07. The Bertz CT molecular complexity index is 808. The minimum absolute atomic E-state index is 0.169. The molecule has 2 aromatic rings. The number of nitrogens with one attached hydrogen (secondary N) is 1. The molecule has 1 amide bonds. The van der Waals surface area contributed by atoms with Crippen LogP contribution in [-0.4, -0.2) is 49.4 Å². The maximum Gasteiger partial charge on any atom is 0.352 e. The monoisotopic (exact) mass is 395 g/mol. The zero-order chi connectivity index (χ0) is 19.8. The summed E-state index contributed by atoms with van der Waals surface area (Å²) >= 11 is 0.947. The Balaban J connectivity index is 1.94. The van der Waals surface area contributed by atoms with Crippen molar-refractivity contribution in [2.75, 3.05) is 27.9 Å². The van der Waals surface area contributed by atoms with Gasteiger partial charge in [0.2, 0.25) is 0 Å². The van der Waals surface area contributed by atoms with Crippen molar-refractivity contribution >= 4 is 23.4 Å². The zero-order valence-electron chi connectivity index (χ0n) is 15.5. The van der Waals surface area contributed by atoms with Gasteiger partial charge >= 0.3 is 5.97 Å². The Morgan fingerprint density at radius 2 is 1.74 bits per heavy atom. The highest BCUT2D eigenvalue weighted by Gasteiger charge is 2.18. The maximum atomic E-state index is 12.0. The molecule has 146 valence electrons. The van der Waals surface area contributed by atoms with Crippen molar-refractivity contribution in [2.24, 2.45) is 0 Å². The normalized spacial score (nSPS) is 10.2. The van der Waals surface area contributed by atoms with E-state index in [1.807, 2.05) is 6.92 Å². The smallest absolute Gasteiger partial charge is 0.352 e. The summed E-state index contributed by atoms with van der Waals surface area (Å²) < 4.78 is 24.5. The first kappa shape index (κ1) is 20.4. The summed E-state index contributed by atoms with van der Waals surface area (Å²) in [6.45, 7) is 1.62. The van der Waals surface area contributed by atoms with Crippen molar-refractivity contribution in [2.45, 2.75) is 19.9 Å². The molecule has 9 nitrogen and oxygen atoms in total. The highest BCUT2D eigenvalue weighted by atomic mass is 32.1. The van der Waals surface area contributed by atoms with Crippen molar-refractivity contribution in [3.63, 3.8) is 0 Å². The van der Waals surface area contributed by atoms with Gasteiger partial charge in [-0.3, -0.25) is 4.79 Å². The summed E-state index contributed by atoms with van der Waals surface area (Å²) in [4.78, 5) is 24.3. The van der Waals surface area contributed by atoms with Crippen LogP contribution in [-0.2, 0) is 22.5 Å². The van der Waals surface area contributed by atoms with Crippen LogP contribution in [0.3, 0.4) is 0 Å². The number of carbonyl (C=O) groups excluding carboxylic acids is 2. The molecule has 0 unspecified atom stereocenters. The van der Waals surface area contributed by atoms with E-state index in [2.05, 4.69) is 14.9 Å². The number of carbonyl (C=O) groups is 2. The Labute approximate surface area is 160 Å². The van der Waals surface area contributed by atoms with E-state index >= 15 is 0 Å². The van der Waals surface area contributed by atoms with E-state index in [4.69, 9.17) is 18.9 Å². The first-order chi connectivity index (χ1) is 13.0. The Kier molecular flexibility index (Phi) is 7.35. The van der Waals surface area contributed by atoms with Gasteiger partial charge in [0.05, 0.1) is 27.0 Å². The summed E-state index contributed by atoms with van der Waals surface area (Å²) in [7, 11) is 4.56. The second-order valence-electron chi connectivity index (χ2n) is 5.27. The average Bonchev–Trinajstić information content (AvgIpc) is 3.18. The minimum atomic E-state index is -0.610. The maximum absolute atomic E-state index is 12.0. The van der Waals surface area contributed by atoms with Crippen LogP contribution in [0.5, 0.6) is 17.2 Å². The van der Waals surface area contributed by atoms with E-state index in [0.29, 0.717) is 39.8 Å². The molecule has 0 aliphatic rings. The molecule has 0 spiro atoms. The van der Waals surface area contributed by atoms with Crippen LogP contribution in [0.25, 0.3) is 0 Å². The predicted molar refractivity (Wildman–Crippen MR) is 97.5 cm³/mol. The molecular formula is C17H21N3O6S. The van der Waals surface area contributed by atoms with Crippen LogP contribution in [0, 0.1) is 0 Å². The van der Waals surface area contributed by atoms with Gasteiger partial charge in [-0.15, -0.1) is 5.10 Å². The molecule has 10 heteroatoms. The number of hydrogen-bond donors (Lipinski definition) is 1. The number of esters is 1. The minimum Gasteiger partial charge on any atom is -0.496 e. The van der Waals surface area contributed by atoms with Crippen LogP contribution in [0.4, 0.5) is 0 Å². The predicted octanol–water partition coefficient (Wildman–Crippen LogP) is 1.60. The number of nitrogens with zero attached hydrogens (tertiary/aromatic N) is 2. The summed E-state index contributed by atoms with van der Waals surface area (Å²) in [6.07, 6.45) is 0.562. The number of methoxy groups -OCH3 is 3. The van der Waals surface area contributed by atoms with Gasteiger partial charge in [-0.1, -0.05) is 11.4 Å². The number of amides is 1. The van der Waals surface area contributed by atoms with Crippen LogP contribution in [0.15, 0.2) is 12.1 Å². The lowest BCUT2D eigenvalue weighted by Crippen LogP contribution is -2.28. The third-order valence-corrected chi connectivity index (χ3v) is 4.42. The van der Waals surface area contributed by atoms with Crippen LogP contribution in [0.1, 0.15) is 27.9 Å². The molecule has 0 aliphatic carbocycles. The fourth-order valence-corrected chi connectivity index (χ4v) is 2.91. The third-order valence-electron chi connectivity index (χ3n) is 3.67. The molecule has 0 aliphatic heterocycles. The van der Waals surface area contributed by atoms with E-state index in [0.717, 1.165) is 11.5 Å². The van der Waals surface area contributed by atoms with Crippen LogP contribution < -0.4 is 19.5 Å². The van der Waals surface area contributed by atoms with Gasteiger partial charge in [0, 0.05) is 18.2 Å². The lowest BCUT2D eigenvalue weighted by molar-refractivity contribution is -0.124. The van der Waals surface area contributed by atoms with E-state index in [-0.39, 0.29) is 6.54 Å². The van der Waals surface area contributed by atoms with Crippen molar-refractivity contribution in [3.8, 4) is 17.2 Å². The summed E-state index contributed by atoms with van der Waals surface area (Å²) in [6, 6.07) is 3.38. The Morgan fingerprint density at radius 1 is 1.07 bits per heavy atom. The fraction of sp³-hybridized carbons (Fsp3) is 0.412. The SMILES string of the molecule is CCc1nnsc1C(=O)OCC(=O)NCc1cc(OC)c(OC)cc1OC. The van der Waals surface area contributed by atoms with Gasteiger partial charge in [0.15, 0.2) is 23.0 Å². The molecule has 0 atom stereocenters. The van der Waals surface area contributed by atoms with Crippen molar-refractivity contribution in [3.05, 3.63) is 28.3 Å². The van der Waals surface area contributed by atoms with Gasteiger partial charge in [-0.05, 0) is 24.0 Å². The molecule has 1 aromatic carbocycles. The molecule has 1 N–H and O–H groups in total. The van der Waals surface area contributed by atoms with Gasteiger partial charge < -0.3 is 24.3 Å². The zero-order valence-corrected chi connectivity index (χ0v) is 16.3. The second-order valence-corrected chi connectivity index (χ2v) is 6.03.